The van der Waals surface area contributed by atoms with Gasteiger partial charge in [-0.1, -0.05) is 11.6 Å². The van der Waals surface area contributed by atoms with Crippen LogP contribution in [0.4, 0.5) is 10.5 Å². The number of hydrogen-bond donors (Lipinski definition) is 1. The van der Waals surface area contributed by atoms with E-state index >= 15 is 0 Å². The van der Waals surface area contributed by atoms with Gasteiger partial charge in [-0.05, 0) is 32.0 Å². The van der Waals surface area contributed by atoms with Crippen molar-refractivity contribution >= 4 is 29.3 Å². The molecule has 0 aliphatic carbocycles. The molecule has 1 atom stereocenters. The maximum Gasteiger partial charge on any atom is 0.325 e. The zero-order valence-corrected chi connectivity index (χ0v) is 12.6. The van der Waals surface area contributed by atoms with E-state index in [2.05, 4.69) is 5.32 Å². The molecule has 0 unspecified atom stereocenters. The molecule has 1 aliphatic rings. The van der Waals surface area contributed by atoms with Crippen LogP contribution < -0.4 is 15.0 Å². The van der Waals surface area contributed by atoms with Gasteiger partial charge in [-0.3, -0.25) is 9.69 Å². The molecule has 1 aromatic carbocycles. The monoisotopic (exact) mass is 312 g/mol. The summed E-state index contributed by atoms with van der Waals surface area (Å²) in [5, 5.41) is 3.04. The number of fused-ring (bicyclic) bond motifs is 1. The Balaban J connectivity index is 2.11. The molecule has 21 heavy (non-hydrogen) atoms. The standard InChI is InChI=1S/C14H17ClN2O4/c1-3-20-13(18)7-16-14(19)17-8-9(2)21-12-5-4-10(15)6-11(12)17/h4-6,9H,3,7-8H2,1-2H3,(H,16,19)/t9-/m0/s1. The molecule has 0 radical (unpaired) electrons. The summed E-state index contributed by atoms with van der Waals surface area (Å²) in [6.07, 6.45) is -0.146. The molecule has 1 aliphatic heterocycles. The fourth-order valence-electron chi connectivity index (χ4n) is 2.06. The Hall–Kier alpha value is -1.95. The lowest BCUT2D eigenvalue weighted by molar-refractivity contribution is -0.141. The third-order valence-electron chi connectivity index (χ3n) is 2.91. The summed E-state index contributed by atoms with van der Waals surface area (Å²) in [6.45, 7) is 4.06. The van der Waals surface area contributed by atoms with E-state index in [-0.39, 0.29) is 25.3 Å². The van der Waals surface area contributed by atoms with Crippen molar-refractivity contribution in [3.63, 3.8) is 0 Å². The Morgan fingerprint density at radius 1 is 1.52 bits per heavy atom. The van der Waals surface area contributed by atoms with Crippen LogP contribution in [-0.4, -0.2) is 37.8 Å². The van der Waals surface area contributed by atoms with Crippen molar-refractivity contribution in [1.82, 2.24) is 5.32 Å². The largest absolute Gasteiger partial charge is 0.487 e. The second-order valence-electron chi connectivity index (χ2n) is 4.61. The molecule has 0 spiro atoms. The number of urea groups is 1. The molecule has 0 aromatic heterocycles. The van der Waals surface area contributed by atoms with Gasteiger partial charge >= 0.3 is 12.0 Å². The highest BCUT2D eigenvalue weighted by atomic mass is 35.5. The highest BCUT2D eigenvalue weighted by molar-refractivity contribution is 6.31. The van der Waals surface area contributed by atoms with Crippen LogP contribution in [0.25, 0.3) is 0 Å². The normalized spacial score (nSPS) is 16.7. The number of carbonyl (C=O) groups excluding carboxylic acids is 2. The minimum Gasteiger partial charge on any atom is -0.487 e. The van der Waals surface area contributed by atoms with Crippen LogP contribution in [0.2, 0.25) is 5.02 Å². The second kappa shape index (κ2) is 6.67. The molecule has 0 fully saturated rings. The summed E-state index contributed by atoms with van der Waals surface area (Å²) < 4.78 is 10.4. The van der Waals surface area contributed by atoms with E-state index in [1.165, 1.54) is 4.90 Å². The predicted octanol–water partition coefficient (Wildman–Crippen LogP) is 2.20. The Morgan fingerprint density at radius 2 is 2.29 bits per heavy atom. The van der Waals surface area contributed by atoms with Crippen molar-refractivity contribution in [2.24, 2.45) is 0 Å². The van der Waals surface area contributed by atoms with Crippen LogP contribution >= 0.6 is 11.6 Å². The molecule has 1 heterocycles. The topological polar surface area (TPSA) is 67.9 Å². The quantitative estimate of drug-likeness (QED) is 0.869. The number of amides is 2. The van der Waals surface area contributed by atoms with Gasteiger partial charge in [0.1, 0.15) is 18.4 Å². The fraction of sp³-hybridized carbons (Fsp3) is 0.429. The third kappa shape index (κ3) is 3.78. The van der Waals surface area contributed by atoms with Crippen LogP contribution in [0.3, 0.4) is 0 Å². The molecule has 114 valence electrons. The highest BCUT2D eigenvalue weighted by Gasteiger charge is 2.28. The van der Waals surface area contributed by atoms with Crippen LogP contribution in [0.1, 0.15) is 13.8 Å². The molecule has 0 saturated heterocycles. The Labute approximate surface area is 128 Å². The van der Waals surface area contributed by atoms with E-state index in [1.54, 1.807) is 25.1 Å². The number of halogens is 1. The smallest absolute Gasteiger partial charge is 0.325 e. The maximum atomic E-state index is 12.2. The summed E-state index contributed by atoms with van der Waals surface area (Å²) in [5.74, 6) is 0.114. The van der Waals surface area contributed by atoms with Gasteiger partial charge in [-0.25, -0.2) is 4.79 Å². The summed E-state index contributed by atoms with van der Waals surface area (Å²) in [4.78, 5) is 25.0. The number of anilines is 1. The van der Waals surface area contributed by atoms with Crippen molar-refractivity contribution in [3.05, 3.63) is 23.2 Å². The molecule has 2 rings (SSSR count). The van der Waals surface area contributed by atoms with Crippen LogP contribution in [-0.2, 0) is 9.53 Å². The summed E-state index contributed by atoms with van der Waals surface area (Å²) in [5.41, 5.74) is 0.585. The molecule has 1 N–H and O–H groups in total. The SMILES string of the molecule is CCOC(=O)CNC(=O)N1C[C@H](C)Oc2ccc(Cl)cc21. The number of nitrogens with zero attached hydrogens (tertiary/aromatic N) is 1. The first-order valence-corrected chi connectivity index (χ1v) is 7.06. The van der Waals surface area contributed by atoms with Crippen molar-refractivity contribution < 1.29 is 19.1 Å². The highest BCUT2D eigenvalue weighted by Crippen LogP contribution is 2.35. The first-order valence-electron chi connectivity index (χ1n) is 6.68. The van der Waals surface area contributed by atoms with Gasteiger partial charge in [-0.15, -0.1) is 0 Å². The number of ether oxygens (including phenoxy) is 2. The zero-order valence-electron chi connectivity index (χ0n) is 11.9. The van der Waals surface area contributed by atoms with E-state index in [0.717, 1.165) is 0 Å². The van der Waals surface area contributed by atoms with E-state index in [9.17, 15) is 9.59 Å². The summed E-state index contributed by atoms with van der Waals surface area (Å²) in [6, 6.07) is 4.69. The van der Waals surface area contributed by atoms with Gasteiger partial charge < -0.3 is 14.8 Å². The van der Waals surface area contributed by atoms with E-state index in [4.69, 9.17) is 21.1 Å². The van der Waals surface area contributed by atoms with Crippen LogP contribution in [0.15, 0.2) is 18.2 Å². The Morgan fingerprint density at radius 3 is 3.00 bits per heavy atom. The van der Waals surface area contributed by atoms with Crippen molar-refractivity contribution in [3.8, 4) is 5.75 Å². The van der Waals surface area contributed by atoms with Gasteiger partial charge in [0.05, 0.1) is 18.8 Å². The average Bonchev–Trinajstić information content (AvgIpc) is 2.44. The van der Waals surface area contributed by atoms with Gasteiger partial charge in [0.25, 0.3) is 0 Å². The minimum absolute atomic E-state index is 0.146. The van der Waals surface area contributed by atoms with Crippen molar-refractivity contribution in [2.45, 2.75) is 20.0 Å². The lowest BCUT2D eigenvalue weighted by atomic mass is 10.2. The predicted molar refractivity (Wildman–Crippen MR) is 78.9 cm³/mol. The van der Waals surface area contributed by atoms with Gasteiger partial charge in [0.15, 0.2) is 0 Å². The van der Waals surface area contributed by atoms with Crippen molar-refractivity contribution in [1.29, 1.82) is 0 Å². The van der Waals surface area contributed by atoms with Gasteiger partial charge in [-0.2, -0.15) is 0 Å². The first kappa shape index (κ1) is 15.4. The Bertz CT molecular complexity index is 550. The fourth-order valence-corrected chi connectivity index (χ4v) is 2.22. The lowest BCUT2D eigenvalue weighted by Crippen LogP contribution is -2.48. The number of hydrogen-bond acceptors (Lipinski definition) is 4. The number of carbonyl (C=O) groups is 2. The third-order valence-corrected chi connectivity index (χ3v) is 3.15. The Kier molecular flexibility index (Phi) is 4.90. The molecular formula is C14H17ClN2O4. The second-order valence-corrected chi connectivity index (χ2v) is 5.05. The number of rotatable bonds is 3. The van der Waals surface area contributed by atoms with Crippen molar-refractivity contribution in [2.75, 3.05) is 24.6 Å². The molecule has 2 amide bonds. The summed E-state index contributed by atoms with van der Waals surface area (Å²) >= 11 is 5.96. The maximum absolute atomic E-state index is 12.2. The lowest BCUT2D eigenvalue weighted by Gasteiger charge is -2.33. The van der Waals surface area contributed by atoms with Crippen LogP contribution in [0.5, 0.6) is 5.75 Å². The minimum atomic E-state index is -0.474. The molecule has 6 nitrogen and oxygen atoms in total. The van der Waals surface area contributed by atoms with Crippen LogP contribution in [0, 0.1) is 0 Å². The number of nitrogens with one attached hydrogen (secondary N) is 1. The number of benzene rings is 1. The number of esters is 1. The zero-order chi connectivity index (χ0) is 15.4. The molecule has 1 aromatic rings. The molecule has 7 heteroatoms. The van der Waals surface area contributed by atoms with Gasteiger partial charge in [0.2, 0.25) is 0 Å². The van der Waals surface area contributed by atoms with E-state index in [1.807, 2.05) is 6.92 Å². The van der Waals surface area contributed by atoms with Gasteiger partial charge in [0, 0.05) is 5.02 Å². The molecular weight excluding hydrogens is 296 g/mol. The average molecular weight is 313 g/mol. The van der Waals surface area contributed by atoms with E-state index in [0.29, 0.717) is 23.0 Å². The molecule has 0 bridgehead atoms. The first-order chi connectivity index (χ1) is 10.0. The summed E-state index contributed by atoms with van der Waals surface area (Å²) in [7, 11) is 0. The molecule has 0 saturated carbocycles. The van der Waals surface area contributed by atoms with E-state index < -0.39 is 5.97 Å².